The first kappa shape index (κ1) is 19.7. The maximum absolute atomic E-state index is 12.7. The molecule has 148 valence electrons. The molecule has 3 rings (SSSR count). The lowest BCUT2D eigenvalue weighted by Crippen LogP contribution is -2.48. The zero-order valence-electron chi connectivity index (χ0n) is 17.0. The Morgan fingerprint density at radius 1 is 1.26 bits per heavy atom. The van der Waals surface area contributed by atoms with Crippen molar-refractivity contribution in [2.24, 2.45) is 5.92 Å². The Morgan fingerprint density at radius 3 is 2.41 bits per heavy atom. The second kappa shape index (κ2) is 7.91. The number of rotatable bonds is 7. The Bertz CT molecular complexity index is 675. The molecule has 5 nitrogen and oxygen atoms in total. The third-order valence-electron chi connectivity index (χ3n) is 6.61. The second-order valence-corrected chi connectivity index (χ2v) is 8.43. The number of amides is 2. The summed E-state index contributed by atoms with van der Waals surface area (Å²) in [5, 5.41) is 2.64. The molecule has 5 heteroatoms. The monoisotopic (exact) mass is 372 g/mol. The molecule has 1 atom stereocenters. The largest absolute Gasteiger partial charge is 0.453 e. The molecule has 0 aromatic heterocycles. The number of ether oxygens (including phenoxy) is 1. The summed E-state index contributed by atoms with van der Waals surface area (Å²) < 4.78 is 4.59. The lowest BCUT2D eigenvalue weighted by Gasteiger charge is -2.42. The van der Waals surface area contributed by atoms with Gasteiger partial charge in [0.15, 0.2) is 0 Å². The highest BCUT2D eigenvalue weighted by Gasteiger charge is 2.40. The summed E-state index contributed by atoms with van der Waals surface area (Å²) in [6.07, 6.45) is 4.84. The van der Waals surface area contributed by atoms with Crippen molar-refractivity contribution in [3.63, 3.8) is 0 Å². The van der Waals surface area contributed by atoms with Gasteiger partial charge in [0.1, 0.15) is 0 Å². The molecule has 1 aromatic rings. The van der Waals surface area contributed by atoms with Gasteiger partial charge < -0.3 is 15.0 Å². The molecule has 2 aliphatic rings. The van der Waals surface area contributed by atoms with Gasteiger partial charge in [0, 0.05) is 19.6 Å². The van der Waals surface area contributed by atoms with Crippen LogP contribution in [0.4, 0.5) is 4.79 Å². The molecule has 0 spiro atoms. The fraction of sp³-hybridized carbons (Fsp3) is 0.636. The van der Waals surface area contributed by atoms with Gasteiger partial charge >= 0.3 is 6.09 Å². The van der Waals surface area contributed by atoms with Crippen LogP contribution >= 0.6 is 0 Å². The summed E-state index contributed by atoms with van der Waals surface area (Å²) in [5.41, 5.74) is 3.26. The molecule has 0 radical (unpaired) electrons. The topological polar surface area (TPSA) is 58.6 Å². The van der Waals surface area contributed by atoms with Crippen LogP contribution in [-0.4, -0.2) is 43.6 Å². The van der Waals surface area contributed by atoms with E-state index in [2.05, 4.69) is 41.2 Å². The summed E-state index contributed by atoms with van der Waals surface area (Å²) in [4.78, 5) is 25.9. The van der Waals surface area contributed by atoms with Gasteiger partial charge in [-0.05, 0) is 54.6 Å². The SMILES string of the molecule is CCC(CNC(=O)OC)C(=O)N(C)C1CC(c2ccc(C3(C)CC3)cc2)C1. The molecule has 1 unspecified atom stereocenters. The third kappa shape index (κ3) is 4.28. The Morgan fingerprint density at radius 2 is 1.89 bits per heavy atom. The number of methoxy groups -OCH3 is 1. The molecule has 2 saturated carbocycles. The van der Waals surface area contributed by atoms with Crippen molar-refractivity contribution < 1.29 is 14.3 Å². The predicted molar refractivity (Wildman–Crippen MR) is 106 cm³/mol. The van der Waals surface area contributed by atoms with E-state index >= 15 is 0 Å². The van der Waals surface area contributed by atoms with E-state index < -0.39 is 6.09 Å². The van der Waals surface area contributed by atoms with Crippen LogP contribution in [0.1, 0.15) is 63.0 Å². The summed E-state index contributed by atoms with van der Waals surface area (Å²) in [7, 11) is 3.22. The van der Waals surface area contributed by atoms with Crippen molar-refractivity contribution in [1.82, 2.24) is 10.2 Å². The summed E-state index contributed by atoms with van der Waals surface area (Å²) in [6.45, 7) is 4.63. The summed E-state index contributed by atoms with van der Waals surface area (Å²) in [6, 6.07) is 9.41. The van der Waals surface area contributed by atoms with Crippen molar-refractivity contribution in [2.75, 3.05) is 20.7 Å². The van der Waals surface area contributed by atoms with Crippen molar-refractivity contribution >= 4 is 12.0 Å². The van der Waals surface area contributed by atoms with E-state index in [0.29, 0.717) is 24.3 Å². The summed E-state index contributed by atoms with van der Waals surface area (Å²) in [5.74, 6) is 0.445. The average molecular weight is 373 g/mol. The van der Waals surface area contributed by atoms with Gasteiger partial charge in [0.2, 0.25) is 5.91 Å². The smallest absolute Gasteiger partial charge is 0.406 e. The molecule has 0 saturated heterocycles. The highest BCUT2D eigenvalue weighted by molar-refractivity contribution is 5.80. The second-order valence-electron chi connectivity index (χ2n) is 8.43. The minimum Gasteiger partial charge on any atom is -0.453 e. The number of nitrogens with zero attached hydrogens (tertiary/aromatic N) is 1. The molecule has 1 aromatic carbocycles. The van der Waals surface area contributed by atoms with Gasteiger partial charge in [-0.25, -0.2) is 4.79 Å². The van der Waals surface area contributed by atoms with E-state index in [1.54, 1.807) is 0 Å². The molecule has 0 bridgehead atoms. The van der Waals surface area contributed by atoms with Crippen LogP contribution in [-0.2, 0) is 14.9 Å². The normalized spacial score (nSPS) is 23.7. The standard InChI is InChI=1S/C22H32N2O3/c1-5-15(14-23-21(26)27-4)20(25)24(3)19-12-17(13-19)16-6-8-18(9-7-16)22(2)10-11-22/h6-9,15,17,19H,5,10-14H2,1-4H3,(H,23,26). The number of benzene rings is 1. The van der Waals surface area contributed by atoms with Crippen LogP contribution < -0.4 is 5.32 Å². The number of carbonyl (C=O) groups excluding carboxylic acids is 2. The van der Waals surface area contributed by atoms with Crippen LogP contribution in [0.15, 0.2) is 24.3 Å². The number of carbonyl (C=O) groups is 2. The first-order chi connectivity index (χ1) is 12.9. The number of hydrogen-bond donors (Lipinski definition) is 1. The minimum absolute atomic E-state index is 0.106. The van der Waals surface area contributed by atoms with Crippen molar-refractivity contribution in [1.29, 1.82) is 0 Å². The quantitative estimate of drug-likeness (QED) is 0.791. The predicted octanol–water partition coefficient (Wildman–Crippen LogP) is 3.82. The van der Waals surface area contributed by atoms with Gasteiger partial charge in [-0.15, -0.1) is 0 Å². The van der Waals surface area contributed by atoms with Crippen molar-refractivity contribution in [2.45, 2.75) is 63.3 Å². The van der Waals surface area contributed by atoms with Gasteiger partial charge in [-0.2, -0.15) is 0 Å². The average Bonchev–Trinajstić information content (AvgIpc) is 3.39. The molecule has 1 N–H and O–H groups in total. The molecular formula is C22H32N2O3. The van der Waals surface area contributed by atoms with Crippen LogP contribution in [0, 0.1) is 5.92 Å². The van der Waals surface area contributed by atoms with Gasteiger partial charge in [0.05, 0.1) is 13.0 Å². The van der Waals surface area contributed by atoms with E-state index in [0.717, 1.165) is 12.8 Å². The van der Waals surface area contributed by atoms with Crippen LogP contribution in [0.25, 0.3) is 0 Å². The third-order valence-corrected chi connectivity index (χ3v) is 6.61. The molecule has 0 heterocycles. The molecular weight excluding hydrogens is 340 g/mol. The van der Waals surface area contributed by atoms with Crippen LogP contribution in [0.5, 0.6) is 0 Å². The van der Waals surface area contributed by atoms with Crippen LogP contribution in [0.2, 0.25) is 0 Å². The van der Waals surface area contributed by atoms with Crippen molar-refractivity contribution in [3.05, 3.63) is 35.4 Å². The highest BCUT2D eigenvalue weighted by Crippen LogP contribution is 2.48. The van der Waals surface area contributed by atoms with E-state index in [-0.39, 0.29) is 17.9 Å². The maximum Gasteiger partial charge on any atom is 0.406 e. The lowest BCUT2D eigenvalue weighted by molar-refractivity contribution is -0.138. The van der Waals surface area contributed by atoms with E-state index in [1.807, 2.05) is 18.9 Å². The molecule has 27 heavy (non-hydrogen) atoms. The zero-order valence-corrected chi connectivity index (χ0v) is 17.0. The van der Waals surface area contributed by atoms with E-state index in [9.17, 15) is 9.59 Å². The maximum atomic E-state index is 12.7. The first-order valence-electron chi connectivity index (χ1n) is 10.1. The fourth-order valence-corrected chi connectivity index (χ4v) is 3.96. The van der Waals surface area contributed by atoms with E-state index in [1.165, 1.54) is 31.1 Å². The molecule has 2 fully saturated rings. The van der Waals surface area contributed by atoms with Gasteiger partial charge in [-0.3, -0.25) is 4.79 Å². The molecule has 2 amide bonds. The van der Waals surface area contributed by atoms with Gasteiger partial charge in [0.25, 0.3) is 0 Å². The Balaban J connectivity index is 1.50. The Labute approximate surface area is 162 Å². The highest BCUT2D eigenvalue weighted by atomic mass is 16.5. The number of nitrogens with one attached hydrogen (secondary N) is 1. The number of hydrogen-bond acceptors (Lipinski definition) is 3. The molecule has 2 aliphatic carbocycles. The summed E-state index contributed by atoms with van der Waals surface area (Å²) >= 11 is 0. The van der Waals surface area contributed by atoms with E-state index in [4.69, 9.17) is 0 Å². The van der Waals surface area contributed by atoms with Gasteiger partial charge in [-0.1, -0.05) is 38.1 Å². The minimum atomic E-state index is -0.490. The Hall–Kier alpha value is -2.04. The fourth-order valence-electron chi connectivity index (χ4n) is 3.96. The first-order valence-corrected chi connectivity index (χ1v) is 10.1. The lowest BCUT2D eigenvalue weighted by atomic mass is 9.74. The zero-order chi connectivity index (χ0) is 19.6. The molecule has 0 aliphatic heterocycles. The van der Waals surface area contributed by atoms with Crippen LogP contribution in [0.3, 0.4) is 0 Å². The van der Waals surface area contributed by atoms with Crippen molar-refractivity contribution in [3.8, 4) is 0 Å². The Kier molecular flexibility index (Phi) is 5.78. The number of alkyl carbamates (subject to hydrolysis) is 1.